The van der Waals surface area contributed by atoms with Crippen molar-refractivity contribution in [3.63, 3.8) is 0 Å². The summed E-state index contributed by atoms with van der Waals surface area (Å²) < 4.78 is 10.5. The third-order valence-corrected chi connectivity index (χ3v) is 6.43. The molecule has 0 aliphatic carbocycles. The summed E-state index contributed by atoms with van der Waals surface area (Å²) in [5, 5.41) is 5.69. The molecule has 0 bridgehead atoms. The molecule has 1 aromatic carbocycles. The van der Waals surface area contributed by atoms with Crippen molar-refractivity contribution in [3.8, 4) is 0 Å². The van der Waals surface area contributed by atoms with Gasteiger partial charge in [0.25, 0.3) is 0 Å². The van der Waals surface area contributed by atoms with Crippen LogP contribution >= 0.6 is 11.8 Å². The van der Waals surface area contributed by atoms with E-state index in [2.05, 4.69) is 15.5 Å². The van der Waals surface area contributed by atoms with Crippen molar-refractivity contribution in [1.29, 1.82) is 0 Å². The van der Waals surface area contributed by atoms with Gasteiger partial charge in [-0.1, -0.05) is 12.1 Å². The number of likely N-dealkylation sites (tertiary alicyclic amines) is 1. The van der Waals surface area contributed by atoms with Crippen LogP contribution < -0.4 is 10.6 Å². The Morgan fingerprint density at radius 2 is 1.75 bits per heavy atom. The van der Waals surface area contributed by atoms with E-state index in [9.17, 15) is 14.4 Å². The first-order valence-corrected chi connectivity index (χ1v) is 12.2. The molecule has 2 amide bonds. The van der Waals surface area contributed by atoms with Gasteiger partial charge in [-0.05, 0) is 63.7 Å². The van der Waals surface area contributed by atoms with Gasteiger partial charge in [-0.2, -0.15) is 0 Å². The van der Waals surface area contributed by atoms with Crippen molar-refractivity contribution < 1.29 is 23.9 Å². The third kappa shape index (κ3) is 5.83. The fourth-order valence-electron chi connectivity index (χ4n) is 4.05. The van der Waals surface area contributed by atoms with Crippen LogP contribution in [-0.2, 0) is 19.1 Å². The fraction of sp³-hybridized carbons (Fsp3) is 0.522. The average molecular weight is 462 g/mol. The highest BCUT2D eigenvalue weighted by atomic mass is 32.2. The van der Waals surface area contributed by atoms with Crippen molar-refractivity contribution in [2.75, 3.05) is 39.1 Å². The molecule has 0 saturated carbocycles. The van der Waals surface area contributed by atoms with Crippen LogP contribution in [0, 0.1) is 5.92 Å². The van der Waals surface area contributed by atoms with Crippen molar-refractivity contribution in [2.45, 2.75) is 37.6 Å². The van der Waals surface area contributed by atoms with Crippen molar-refractivity contribution in [1.82, 2.24) is 15.5 Å². The molecule has 174 valence electrons. The number of carbonyl (C=O) groups is 3. The largest absolute Gasteiger partial charge is 0.466 e. The van der Waals surface area contributed by atoms with E-state index in [0.717, 1.165) is 10.5 Å². The number of piperidine rings is 1. The number of hydrogen-bond donors (Lipinski definition) is 2. The number of benzene rings is 1. The highest BCUT2D eigenvalue weighted by Gasteiger charge is 2.35. The van der Waals surface area contributed by atoms with E-state index in [1.807, 2.05) is 30.5 Å². The minimum Gasteiger partial charge on any atom is -0.466 e. The molecule has 2 N–H and O–H groups in total. The number of carbonyl (C=O) groups excluding carboxylic acids is 3. The van der Waals surface area contributed by atoms with E-state index in [-0.39, 0.29) is 24.5 Å². The van der Waals surface area contributed by atoms with Gasteiger partial charge in [0.15, 0.2) is 0 Å². The van der Waals surface area contributed by atoms with Gasteiger partial charge in [0.05, 0.1) is 30.7 Å². The molecule has 2 aliphatic rings. The lowest BCUT2D eigenvalue weighted by atomic mass is 9.93. The number of urea groups is 1. The molecule has 1 saturated heterocycles. The van der Waals surface area contributed by atoms with Gasteiger partial charge in [0, 0.05) is 17.1 Å². The smallest absolute Gasteiger partial charge is 0.338 e. The van der Waals surface area contributed by atoms with E-state index in [0.29, 0.717) is 50.4 Å². The second-order valence-electron chi connectivity index (χ2n) is 7.72. The van der Waals surface area contributed by atoms with Crippen LogP contribution in [0.5, 0.6) is 0 Å². The molecule has 1 atom stereocenters. The first kappa shape index (κ1) is 24.1. The van der Waals surface area contributed by atoms with Crippen LogP contribution in [0.25, 0.3) is 0 Å². The molecular formula is C23H31N3O5S. The lowest BCUT2D eigenvalue weighted by Gasteiger charge is -2.35. The van der Waals surface area contributed by atoms with Crippen molar-refractivity contribution >= 4 is 29.7 Å². The minimum atomic E-state index is -0.592. The number of amides is 2. The van der Waals surface area contributed by atoms with Crippen molar-refractivity contribution in [2.24, 2.45) is 5.92 Å². The van der Waals surface area contributed by atoms with Crippen LogP contribution in [0.2, 0.25) is 0 Å². The summed E-state index contributed by atoms with van der Waals surface area (Å²) in [5.74, 6) is -0.701. The Morgan fingerprint density at radius 1 is 1.09 bits per heavy atom. The Kier molecular flexibility index (Phi) is 8.58. The van der Waals surface area contributed by atoms with Gasteiger partial charge in [-0.25, -0.2) is 9.59 Å². The predicted octanol–water partition coefficient (Wildman–Crippen LogP) is 2.85. The normalized spacial score (nSPS) is 19.8. The predicted molar refractivity (Wildman–Crippen MR) is 122 cm³/mol. The van der Waals surface area contributed by atoms with Gasteiger partial charge < -0.3 is 20.1 Å². The van der Waals surface area contributed by atoms with Gasteiger partial charge in [-0.15, -0.1) is 11.8 Å². The number of rotatable bonds is 8. The molecule has 1 aromatic rings. The molecule has 2 heterocycles. The summed E-state index contributed by atoms with van der Waals surface area (Å²) in [7, 11) is 0. The summed E-state index contributed by atoms with van der Waals surface area (Å²) in [4.78, 5) is 40.6. The van der Waals surface area contributed by atoms with Gasteiger partial charge in [0.2, 0.25) is 0 Å². The molecule has 1 unspecified atom stereocenters. The maximum Gasteiger partial charge on any atom is 0.338 e. The number of ether oxygens (including phenoxy) is 2. The molecule has 8 nitrogen and oxygen atoms in total. The first-order valence-electron chi connectivity index (χ1n) is 11.0. The quantitative estimate of drug-likeness (QED) is 0.454. The van der Waals surface area contributed by atoms with E-state index in [1.54, 1.807) is 25.6 Å². The zero-order chi connectivity index (χ0) is 23.1. The summed E-state index contributed by atoms with van der Waals surface area (Å²) in [6.45, 7) is 5.95. The van der Waals surface area contributed by atoms with Gasteiger partial charge in [-0.3, -0.25) is 9.69 Å². The van der Waals surface area contributed by atoms with E-state index < -0.39 is 12.0 Å². The van der Waals surface area contributed by atoms with E-state index >= 15 is 0 Å². The lowest BCUT2D eigenvalue weighted by molar-refractivity contribution is -0.149. The molecule has 1 fully saturated rings. The lowest BCUT2D eigenvalue weighted by Crippen LogP contribution is -2.49. The molecule has 0 radical (unpaired) electrons. The monoisotopic (exact) mass is 461 g/mol. The number of nitrogens with zero attached hydrogens (tertiary/aromatic N) is 1. The first-order chi connectivity index (χ1) is 15.5. The van der Waals surface area contributed by atoms with Gasteiger partial charge in [0.1, 0.15) is 0 Å². The molecule has 0 spiro atoms. The number of nitrogens with one attached hydrogen (secondary N) is 2. The third-order valence-electron chi connectivity index (χ3n) is 5.69. The topological polar surface area (TPSA) is 97.0 Å². The summed E-state index contributed by atoms with van der Waals surface area (Å²) in [6, 6.07) is 6.83. The fourth-order valence-corrected chi connectivity index (χ4v) is 4.46. The number of thioether (sulfide) groups is 1. The second kappa shape index (κ2) is 11.4. The summed E-state index contributed by atoms with van der Waals surface area (Å²) >= 11 is 1.63. The molecule has 3 rings (SSSR count). The Labute approximate surface area is 193 Å². The Bertz CT molecular complexity index is 863. The molecule has 2 aliphatic heterocycles. The summed E-state index contributed by atoms with van der Waals surface area (Å²) in [6.07, 6.45) is 3.37. The highest BCUT2D eigenvalue weighted by Crippen LogP contribution is 2.30. The van der Waals surface area contributed by atoms with Crippen LogP contribution in [0.1, 0.15) is 38.3 Å². The van der Waals surface area contributed by atoms with E-state index in [4.69, 9.17) is 9.47 Å². The van der Waals surface area contributed by atoms with Crippen LogP contribution in [0.15, 0.2) is 40.4 Å². The molecule has 9 heteroatoms. The minimum absolute atomic E-state index is 0.102. The van der Waals surface area contributed by atoms with Crippen LogP contribution in [-0.4, -0.2) is 62.0 Å². The van der Waals surface area contributed by atoms with Crippen molar-refractivity contribution in [3.05, 3.63) is 41.1 Å². The van der Waals surface area contributed by atoms with Crippen LogP contribution in [0.3, 0.4) is 0 Å². The number of hydrogen-bond acceptors (Lipinski definition) is 7. The Balaban J connectivity index is 1.83. The van der Waals surface area contributed by atoms with Crippen LogP contribution in [0.4, 0.5) is 4.79 Å². The standard InChI is InChI=1S/C23H31N3O5S/c1-4-30-21(27)16-10-12-26(13-11-16)14-18-19(22(28)31-5-2)20(25-23(29)24-18)15-6-8-17(32-3)9-7-15/h6-9,16,20H,4-5,10-14H2,1-3H3,(H2,24,25,29). The van der Waals surface area contributed by atoms with E-state index in [1.165, 1.54) is 0 Å². The average Bonchev–Trinajstić information content (AvgIpc) is 2.79. The zero-order valence-electron chi connectivity index (χ0n) is 18.8. The van der Waals surface area contributed by atoms with Gasteiger partial charge >= 0.3 is 18.0 Å². The maximum absolute atomic E-state index is 12.9. The second-order valence-corrected chi connectivity index (χ2v) is 8.60. The summed E-state index contributed by atoms with van der Waals surface area (Å²) in [5.41, 5.74) is 1.77. The zero-order valence-corrected chi connectivity index (χ0v) is 19.6. The molecule has 0 aromatic heterocycles. The molecule has 32 heavy (non-hydrogen) atoms. The SMILES string of the molecule is CCOC(=O)C1=C(CN2CCC(C(=O)OCC)CC2)NC(=O)NC1c1ccc(SC)cc1. The number of esters is 2. The Hall–Kier alpha value is -2.52. The highest BCUT2D eigenvalue weighted by molar-refractivity contribution is 7.98. The molecular weight excluding hydrogens is 430 g/mol. The maximum atomic E-state index is 12.9. The Morgan fingerprint density at radius 3 is 2.34 bits per heavy atom.